The number of hydrogen-bond acceptors (Lipinski definition) is 5. The first-order valence-electron chi connectivity index (χ1n) is 10.8. The molecule has 2 aliphatic heterocycles. The van der Waals surface area contributed by atoms with Crippen molar-refractivity contribution in [3.05, 3.63) is 59.7 Å². The van der Waals surface area contributed by atoms with Crippen LogP contribution in [-0.2, 0) is 22.4 Å². The number of rotatable bonds is 7. The highest BCUT2D eigenvalue weighted by molar-refractivity contribution is 6.07. The smallest absolute Gasteiger partial charge is 0.344 e. The van der Waals surface area contributed by atoms with E-state index >= 15 is 0 Å². The quantitative estimate of drug-likeness (QED) is 0.651. The minimum Gasteiger partial charge on any atom is -0.495 e. The van der Waals surface area contributed by atoms with Gasteiger partial charge in [-0.2, -0.15) is 5.01 Å². The summed E-state index contributed by atoms with van der Waals surface area (Å²) in [6, 6.07) is 15.0. The molecule has 4 amide bonds. The molecule has 2 aromatic rings. The molecule has 1 saturated heterocycles. The number of nitrogens with zero attached hydrogens (tertiary/aromatic N) is 2. The summed E-state index contributed by atoms with van der Waals surface area (Å²) < 4.78 is 5.48. The minimum absolute atomic E-state index is 0.0190. The van der Waals surface area contributed by atoms with Crippen molar-refractivity contribution in [2.24, 2.45) is 0 Å². The number of fused-ring (bicyclic) bond motifs is 1. The minimum atomic E-state index is -1.07. The van der Waals surface area contributed by atoms with Gasteiger partial charge in [0, 0.05) is 6.54 Å². The lowest BCUT2D eigenvalue weighted by atomic mass is 9.93. The summed E-state index contributed by atoms with van der Waals surface area (Å²) in [6.07, 6.45) is 2.89. The number of aryl methyl sites for hydroxylation is 2. The second-order valence-corrected chi connectivity index (χ2v) is 8.42. The number of hydrazine groups is 1. The first kappa shape index (κ1) is 21.7. The normalized spacial score (nSPS) is 20.1. The first-order valence-corrected chi connectivity index (χ1v) is 10.8. The summed E-state index contributed by atoms with van der Waals surface area (Å²) in [7, 11) is 1.60. The number of imide groups is 1. The maximum absolute atomic E-state index is 13.0. The second kappa shape index (κ2) is 8.90. The number of nitrogens with one attached hydrogen (secondary N) is 2. The zero-order valence-corrected chi connectivity index (χ0v) is 18.4. The molecule has 0 radical (unpaired) electrons. The number of ether oxygens (including phenoxy) is 1. The van der Waals surface area contributed by atoms with Crippen LogP contribution in [0.3, 0.4) is 0 Å². The summed E-state index contributed by atoms with van der Waals surface area (Å²) in [5, 5.41) is 3.54. The number of carbonyl (C=O) groups is 3. The Balaban J connectivity index is 1.41. The van der Waals surface area contributed by atoms with Gasteiger partial charge >= 0.3 is 6.03 Å². The number of benzene rings is 2. The summed E-state index contributed by atoms with van der Waals surface area (Å²) in [6.45, 7) is 2.40. The molecule has 0 aromatic heterocycles. The van der Waals surface area contributed by atoms with Crippen LogP contribution in [0.4, 0.5) is 10.5 Å². The van der Waals surface area contributed by atoms with Crippen LogP contribution in [0.25, 0.3) is 0 Å². The van der Waals surface area contributed by atoms with E-state index in [1.54, 1.807) is 14.0 Å². The fourth-order valence-corrected chi connectivity index (χ4v) is 4.35. The van der Waals surface area contributed by atoms with E-state index in [0.717, 1.165) is 34.7 Å². The van der Waals surface area contributed by atoms with E-state index in [2.05, 4.69) is 10.7 Å². The van der Waals surface area contributed by atoms with E-state index in [-0.39, 0.29) is 6.54 Å². The molecule has 2 N–H and O–H groups in total. The zero-order chi connectivity index (χ0) is 22.7. The number of anilines is 1. The van der Waals surface area contributed by atoms with Crippen LogP contribution in [-0.4, -0.2) is 48.6 Å². The molecule has 1 atom stereocenters. The molecule has 1 fully saturated rings. The van der Waals surface area contributed by atoms with Crippen LogP contribution in [0.5, 0.6) is 5.75 Å². The number of methoxy groups -OCH3 is 1. The van der Waals surface area contributed by atoms with Crippen LogP contribution in [0, 0.1) is 0 Å². The highest BCUT2D eigenvalue weighted by atomic mass is 16.5. The molecule has 4 rings (SSSR count). The molecule has 2 heterocycles. The van der Waals surface area contributed by atoms with Crippen molar-refractivity contribution >= 4 is 23.5 Å². The Kier molecular flexibility index (Phi) is 6.03. The third-order valence-electron chi connectivity index (χ3n) is 6.08. The van der Waals surface area contributed by atoms with E-state index in [1.807, 2.05) is 53.4 Å². The maximum atomic E-state index is 13.0. The molecule has 0 saturated carbocycles. The molecular formula is C24H28N4O4. The SMILES string of the molecule is COc1cccc2c1N(CC(=O)NN1C(=O)NC(C)(CCc3ccccc3)C1=O)CCC2. The summed E-state index contributed by atoms with van der Waals surface area (Å²) in [5.74, 6) is -0.179. The number of amides is 4. The molecule has 2 aliphatic rings. The Morgan fingerprint density at radius 3 is 2.69 bits per heavy atom. The summed E-state index contributed by atoms with van der Waals surface area (Å²) in [4.78, 5) is 40.2. The van der Waals surface area contributed by atoms with Crippen molar-refractivity contribution in [1.29, 1.82) is 0 Å². The number of urea groups is 1. The second-order valence-electron chi connectivity index (χ2n) is 8.42. The van der Waals surface area contributed by atoms with Gasteiger partial charge in [0.05, 0.1) is 19.3 Å². The predicted octanol–water partition coefficient (Wildman–Crippen LogP) is 2.42. The van der Waals surface area contributed by atoms with Crippen LogP contribution in [0.15, 0.2) is 48.5 Å². The predicted molar refractivity (Wildman–Crippen MR) is 120 cm³/mol. The summed E-state index contributed by atoms with van der Waals surface area (Å²) >= 11 is 0. The van der Waals surface area contributed by atoms with Crippen LogP contribution in [0.2, 0.25) is 0 Å². The first-order chi connectivity index (χ1) is 15.4. The number of hydrogen-bond donors (Lipinski definition) is 2. The van der Waals surface area contributed by atoms with E-state index in [1.165, 1.54) is 0 Å². The monoisotopic (exact) mass is 436 g/mol. The third-order valence-corrected chi connectivity index (χ3v) is 6.08. The maximum Gasteiger partial charge on any atom is 0.344 e. The lowest BCUT2D eigenvalue weighted by Gasteiger charge is -2.32. The van der Waals surface area contributed by atoms with E-state index in [9.17, 15) is 14.4 Å². The van der Waals surface area contributed by atoms with Crippen LogP contribution >= 0.6 is 0 Å². The highest BCUT2D eigenvalue weighted by Crippen LogP contribution is 2.35. The van der Waals surface area contributed by atoms with E-state index in [0.29, 0.717) is 25.1 Å². The molecule has 168 valence electrons. The third kappa shape index (κ3) is 4.26. The average Bonchev–Trinajstić information content (AvgIpc) is 3.01. The largest absolute Gasteiger partial charge is 0.495 e. The van der Waals surface area contributed by atoms with E-state index < -0.39 is 23.4 Å². The molecule has 0 spiro atoms. The van der Waals surface area contributed by atoms with Gasteiger partial charge in [-0.3, -0.25) is 15.0 Å². The molecule has 0 bridgehead atoms. The van der Waals surface area contributed by atoms with Crippen LogP contribution < -0.4 is 20.4 Å². The van der Waals surface area contributed by atoms with Crippen molar-refractivity contribution in [3.63, 3.8) is 0 Å². The Bertz CT molecular complexity index is 1010. The Morgan fingerprint density at radius 2 is 1.94 bits per heavy atom. The molecule has 8 heteroatoms. The Hall–Kier alpha value is -3.55. The standard InChI is InChI=1S/C24H28N4O4/c1-24(14-13-17-8-4-3-5-9-17)22(30)28(23(31)25-24)26-20(29)16-27-15-7-11-18-10-6-12-19(32-2)21(18)27/h3-6,8-10,12H,7,11,13-16H2,1-2H3,(H,25,31)(H,26,29). The lowest BCUT2D eigenvalue weighted by molar-refractivity contribution is -0.138. The van der Waals surface area contributed by atoms with Crippen molar-refractivity contribution in [2.75, 3.05) is 25.1 Å². The van der Waals surface area contributed by atoms with Gasteiger partial charge in [0.1, 0.15) is 11.3 Å². The lowest BCUT2D eigenvalue weighted by Crippen LogP contribution is -2.51. The Morgan fingerprint density at radius 1 is 1.16 bits per heavy atom. The van der Waals surface area contributed by atoms with Crippen molar-refractivity contribution in [1.82, 2.24) is 15.8 Å². The molecule has 2 aromatic carbocycles. The van der Waals surface area contributed by atoms with Gasteiger partial charge in [0.2, 0.25) is 0 Å². The van der Waals surface area contributed by atoms with Crippen LogP contribution in [0.1, 0.15) is 30.9 Å². The molecular weight excluding hydrogens is 408 g/mol. The molecule has 32 heavy (non-hydrogen) atoms. The number of carbonyl (C=O) groups excluding carboxylic acids is 3. The topological polar surface area (TPSA) is 91.0 Å². The van der Waals surface area contributed by atoms with Crippen molar-refractivity contribution in [2.45, 2.75) is 38.1 Å². The Labute approximate surface area is 187 Å². The molecule has 8 nitrogen and oxygen atoms in total. The van der Waals surface area contributed by atoms with Gasteiger partial charge in [-0.25, -0.2) is 4.79 Å². The van der Waals surface area contributed by atoms with Crippen molar-refractivity contribution in [3.8, 4) is 5.75 Å². The fraction of sp³-hybridized carbons (Fsp3) is 0.375. The van der Waals surface area contributed by atoms with Gasteiger partial charge in [-0.1, -0.05) is 42.5 Å². The molecule has 0 aliphatic carbocycles. The van der Waals surface area contributed by atoms with Gasteiger partial charge < -0.3 is 15.0 Å². The molecule has 1 unspecified atom stereocenters. The van der Waals surface area contributed by atoms with Gasteiger partial charge in [-0.15, -0.1) is 0 Å². The zero-order valence-electron chi connectivity index (χ0n) is 18.4. The van der Waals surface area contributed by atoms with Gasteiger partial charge in [-0.05, 0) is 49.8 Å². The van der Waals surface area contributed by atoms with Crippen molar-refractivity contribution < 1.29 is 19.1 Å². The summed E-state index contributed by atoms with van der Waals surface area (Å²) in [5.41, 5.74) is 4.52. The van der Waals surface area contributed by atoms with E-state index in [4.69, 9.17) is 4.74 Å². The van der Waals surface area contributed by atoms with Gasteiger partial charge in [0.15, 0.2) is 0 Å². The number of para-hydroxylation sites is 1. The highest BCUT2D eigenvalue weighted by Gasteiger charge is 2.48. The fourth-order valence-electron chi connectivity index (χ4n) is 4.35. The average molecular weight is 437 g/mol. The van der Waals surface area contributed by atoms with Gasteiger partial charge in [0.25, 0.3) is 11.8 Å².